The van der Waals surface area contributed by atoms with Gasteiger partial charge in [-0.25, -0.2) is 8.42 Å². The number of amides is 1. The molecule has 3 heterocycles. The fraction of sp³-hybridized carbons (Fsp3) is 0.318. The van der Waals surface area contributed by atoms with E-state index in [1.807, 2.05) is 24.3 Å². The number of carbonyl (C=O) groups is 1. The Morgan fingerprint density at radius 2 is 1.65 bits per heavy atom. The van der Waals surface area contributed by atoms with Crippen LogP contribution in [0.5, 0.6) is 11.5 Å². The Morgan fingerprint density at radius 3 is 2.35 bits per heavy atom. The molecule has 0 saturated carbocycles. The first-order chi connectivity index (χ1) is 14.9. The molecule has 0 radical (unpaired) electrons. The summed E-state index contributed by atoms with van der Waals surface area (Å²) in [7, 11) is -3.66. The quantitative estimate of drug-likeness (QED) is 0.598. The molecule has 0 spiro atoms. The van der Waals surface area contributed by atoms with Crippen molar-refractivity contribution in [2.75, 3.05) is 39.4 Å². The van der Waals surface area contributed by atoms with Crippen molar-refractivity contribution in [1.29, 1.82) is 0 Å². The van der Waals surface area contributed by atoms with Gasteiger partial charge in [-0.15, -0.1) is 0 Å². The first-order valence-electron chi connectivity index (χ1n) is 10.0. The number of nitrogens with zero attached hydrogens (tertiary/aromatic N) is 2. The van der Waals surface area contributed by atoms with E-state index < -0.39 is 10.0 Å². The van der Waals surface area contributed by atoms with Crippen LogP contribution in [0.15, 0.2) is 63.0 Å². The number of sulfonamides is 1. The summed E-state index contributed by atoms with van der Waals surface area (Å²) in [6.07, 6.45) is 0.333. The number of carbonyl (C=O) groups excluding carboxylic acids is 1. The molecule has 0 aromatic heterocycles. The van der Waals surface area contributed by atoms with Crippen LogP contribution in [0.3, 0.4) is 0 Å². The maximum absolute atomic E-state index is 13.2. The highest BCUT2D eigenvalue weighted by Gasteiger charge is 2.37. The van der Waals surface area contributed by atoms with Gasteiger partial charge in [0.05, 0.1) is 11.3 Å². The molecule has 0 saturated heterocycles. The number of hydrogen-bond acceptors (Lipinski definition) is 5. The average Bonchev–Trinajstić information content (AvgIpc) is 3.33. The van der Waals surface area contributed by atoms with Crippen LogP contribution in [0.2, 0.25) is 0 Å². The molecule has 0 N–H and O–H groups in total. The SMILES string of the molecule is O=C(Cc1cccc(Br)c1)N1CC2=C(C1)CN(S(=O)(=O)c1ccc3c(c1)OCCO3)C2. The minimum absolute atomic E-state index is 0.0498. The molecule has 5 rings (SSSR count). The highest BCUT2D eigenvalue weighted by atomic mass is 79.9. The van der Waals surface area contributed by atoms with Crippen molar-refractivity contribution in [2.24, 2.45) is 0 Å². The Morgan fingerprint density at radius 1 is 0.935 bits per heavy atom. The Kier molecular flexibility index (Phi) is 5.27. The number of fused-ring (bicyclic) bond motifs is 1. The molecule has 0 fully saturated rings. The molecule has 0 aliphatic carbocycles. The molecular weight excluding hydrogens is 484 g/mol. The average molecular weight is 505 g/mol. The van der Waals surface area contributed by atoms with Crippen LogP contribution in [0, 0.1) is 0 Å². The molecule has 7 nitrogen and oxygen atoms in total. The monoisotopic (exact) mass is 504 g/mol. The summed E-state index contributed by atoms with van der Waals surface area (Å²) < 4.78 is 39.7. The van der Waals surface area contributed by atoms with Crippen LogP contribution in [-0.4, -0.2) is 62.9 Å². The van der Waals surface area contributed by atoms with Gasteiger partial charge in [0.15, 0.2) is 11.5 Å². The van der Waals surface area contributed by atoms with Crippen molar-refractivity contribution in [2.45, 2.75) is 11.3 Å². The largest absolute Gasteiger partial charge is 0.486 e. The van der Waals surface area contributed by atoms with Crippen LogP contribution < -0.4 is 9.47 Å². The van der Waals surface area contributed by atoms with Gasteiger partial charge in [-0.3, -0.25) is 4.79 Å². The van der Waals surface area contributed by atoms with E-state index in [1.54, 1.807) is 17.0 Å². The lowest BCUT2D eigenvalue weighted by Crippen LogP contribution is -2.37. The van der Waals surface area contributed by atoms with Gasteiger partial charge in [-0.05, 0) is 41.0 Å². The summed E-state index contributed by atoms with van der Waals surface area (Å²) >= 11 is 3.43. The molecule has 2 aromatic rings. The summed E-state index contributed by atoms with van der Waals surface area (Å²) in [6, 6.07) is 12.4. The van der Waals surface area contributed by atoms with Crippen molar-refractivity contribution in [3.63, 3.8) is 0 Å². The summed E-state index contributed by atoms with van der Waals surface area (Å²) in [4.78, 5) is 14.7. The number of benzene rings is 2. The lowest BCUT2D eigenvalue weighted by molar-refractivity contribution is -0.129. The zero-order chi connectivity index (χ0) is 21.6. The minimum atomic E-state index is -3.66. The highest BCUT2D eigenvalue weighted by Crippen LogP contribution is 2.35. The fourth-order valence-corrected chi connectivity index (χ4v) is 6.05. The molecule has 31 heavy (non-hydrogen) atoms. The second-order valence-electron chi connectivity index (χ2n) is 7.84. The fourth-order valence-electron chi connectivity index (χ4n) is 4.16. The molecular formula is C22H21BrN2O5S. The van der Waals surface area contributed by atoms with E-state index in [0.29, 0.717) is 57.3 Å². The molecule has 1 amide bonds. The van der Waals surface area contributed by atoms with Crippen molar-refractivity contribution in [1.82, 2.24) is 9.21 Å². The Balaban J connectivity index is 1.24. The van der Waals surface area contributed by atoms with Gasteiger partial charge in [0.25, 0.3) is 0 Å². The zero-order valence-corrected chi connectivity index (χ0v) is 19.1. The maximum atomic E-state index is 13.2. The number of ether oxygens (including phenoxy) is 2. The predicted octanol–water partition coefficient (Wildman–Crippen LogP) is 2.61. The van der Waals surface area contributed by atoms with Crippen LogP contribution in [0.4, 0.5) is 0 Å². The van der Waals surface area contributed by atoms with Crippen molar-refractivity contribution >= 4 is 31.9 Å². The molecule has 162 valence electrons. The van der Waals surface area contributed by atoms with Gasteiger partial charge < -0.3 is 14.4 Å². The van der Waals surface area contributed by atoms with E-state index in [4.69, 9.17) is 9.47 Å². The third-order valence-electron chi connectivity index (χ3n) is 5.75. The van der Waals surface area contributed by atoms with Crippen LogP contribution in [0.25, 0.3) is 0 Å². The summed E-state index contributed by atoms with van der Waals surface area (Å²) in [5.74, 6) is 1.07. The third kappa shape index (κ3) is 3.97. The van der Waals surface area contributed by atoms with Gasteiger partial charge in [-0.2, -0.15) is 4.31 Å². The Hall–Kier alpha value is -2.36. The van der Waals surface area contributed by atoms with Gasteiger partial charge in [0.2, 0.25) is 15.9 Å². The topological polar surface area (TPSA) is 76.2 Å². The first kappa shape index (κ1) is 20.5. The number of halogens is 1. The second-order valence-corrected chi connectivity index (χ2v) is 10.7. The molecule has 2 aromatic carbocycles. The maximum Gasteiger partial charge on any atom is 0.243 e. The van der Waals surface area contributed by atoms with Crippen LogP contribution in [-0.2, 0) is 21.2 Å². The summed E-state index contributed by atoms with van der Waals surface area (Å²) in [5, 5.41) is 0. The molecule has 0 unspecified atom stereocenters. The van der Waals surface area contributed by atoms with E-state index in [2.05, 4.69) is 15.9 Å². The molecule has 3 aliphatic rings. The van der Waals surface area contributed by atoms with Gasteiger partial charge >= 0.3 is 0 Å². The highest BCUT2D eigenvalue weighted by molar-refractivity contribution is 9.10. The van der Waals surface area contributed by atoms with Gasteiger partial charge in [0.1, 0.15) is 13.2 Å². The third-order valence-corrected chi connectivity index (χ3v) is 8.03. The first-order valence-corrected chi connectivity index (χ1v) is 12.3. The van der Waals surface area contributed by atoms with Gasteiger partial charge in [-0.1, -0.05) is 28.1 Å². The number of hydrogen-bond donors (Lipinski definition) is 0. The van der Waals surface area contributed by atoms with E-state index in [-0.39, 0.29) is 10.8 Å². The number of rotatable bonds is 4. The van der Waals surface area contributed by atoms with E-state index in [0.717, 1.165) is 21.2 Å². The minimum Gasteiger partial charge on any atom is -0.486 e. The van der Waals surface area contributed by atoms with E-state index in [1.165, 1.54) is 10.4 Å². The molecule has 3 aliphatic heterocycles. The summed E-state index contributed by atoms with van der Waals surface area (Å²) in [6.45, 7) is 2.45. The molecule has 0 atom stereocenters. The Labute approximate surface area is 189 Å². The van der Waals surface area contributed by atoms with Crippen LogP contribution >= 0.6 is 15.9 Å². The lowest BCUT2D eigenvalue weighted by atomic mass is 10.1. The lowest BCUT2D eigenvalue weighted by Gasteiger charge is -2.24. The second kappa shape index (κ2) is 7.96. The normalized spacial score (nSPS) is 18.4. The smallest absolute Gasteiger partial charge is 0.243 e. The van der Waals surface area contributed by atoms with E-state index in [9.17, 15) is 13.2 Å². The molecule has 0 bridgehead atoms. The molecule has 9 heteroatoms. The van der Waals surface area contributed by atoms with Crippen molar-refractivity contribution < 1.29 is 22.7 Å². The van der Waals surface area contributed by atoms with E-state index >= 15 is 0 Å². The zero-order valence-electron chi connectivity index (χ0n) is 16.7. The van der Waals surface area contributed by atoms with Crippen LogP contribution in [0.1, 0.15) is 5.56 Å². The standard InChI is InChI=1S/C22H21BrN2O5S/c23-18-3-1-2-15(8-18)9-22(26)24-11-16-13-25(14-17(16)12-24)31(27,28)19-4-5-20-21(10-19)30-7-6-29-20/h1-5,8,10H,6-7,9,11-14H2. The Bertz CT molecular complexity index is 1180. The predicted molar refractivity (Wildman–Crippen MR) is 118 cm³/mol. The van der Waals surface area contributed by atoms with Crippen molar-refractivity contribution in [3.05, 3.63) is 63.6 Å². The summed E-state index contributed by atoms with van der Waals surface area (Å²) in [5.41, 5.74) is 2.99. The van der Waals surface area contributed by atoms with Gasteiger partial charge in [0, 0.05) is 36.7 Å². The van der Waals surface area contributed by atoms with Crippen molar-refractivity contribution in [3.8, 4) is 11.5 Å².